The van der Waals surface area contributed by atoms with E-state index in [0.717, 1.165) is 88.5 Å². The standard InChI is InChI=1S/C27H37O2PSi2.C23H25O4P.C22H23O3P.C22H23O2P/c1-20(28)23-15-11-12-16-24(23)30-25-17-22(31(2,3)4)18-26(32(5,6)7)27(25)29-19-21-13-9-8-10-14-21;1-16(24)19-11-7-8-12-21(19)28-22-14-18(25-2)13-20(26-3)23(22)27-15-17-9-5-4-6-10-17;1-16(23)18-11-6-7-13-20(18)26-21-14-8-12-19(24-2)22(21)25-15-17-9-4-3-5-10-17;1-16-12-13-20(24-15-18-8-4-3-5-9-18)22(14-16)25-21-11-7-6-10-19(21)17(2)23/h8-18,20,28,30H,19H2,1-7H3;4-14,16,24,28H,15H2,1-3H3;3-14,16,23,26H,15H2,1-2H3;3-14,17,23,25H,15H2,1-2H3. The van der Waals surface area contributed by atoms with E-state index in [1.165, 1.54) is 37.4 Å². The van der Waals surface area contributed by atoms with Crippen LogP contribution in [-0.2, 0) is 26.4 Å². The van der Waals surface area contributed by atoms with E-state index in [-0.39, 0.29) is 8.58 Å². The summed E-state index contributed by atoms with van der Waals surface area (Å²) < 4.78 is 41.6. The Morgan fingerprint density at radius 2 is 0.631 bits per heavy atom. The number of methoxy groups -OCH3 is 3. The van der Waals surface area contributed by atoms with Crippen LogP contribution in [0.2, 0.25) is 39.3 Å². The van der Waals surface area contributed by atoms with Gasteiger partial charge in [0.05, 0.1) is 61.9 Å². The molecular weight excluding hydrogens is 1490 g/mol. The zero-order chi connectivity index (χ0) is 79.5. The summed E-state index contributed by atoms with van der Waals surface area (Å²) in [6, 6.07) is 93.8. The number of aryl methyl sites for hydroxylation is 1. The number of rotatable bonds is 29. The van der Waals surface area contributed by atoms with Gasteiger partial charge in [-0.2, -0.15) is 0 Å². The van der Waals surface area contributed by atoms with Crippen molar-refractivity contribution in [3.63, 3.8) is 0 Å². The molecule has 0 spiro atoms. The molecule has 0 amide bonds. The molecule has 0 saturated heterocycles. The van der Waals surface area contributed by atoms with Crippen LogP contribution in [0.3, 0.4) is 0 Å². The van der Waals surface area contributed by atoms with E-state index in [0.29, 0.717) is 69.4 Å². The van der Waals surface area contributed by atoms with Crippen LogP contribution in [0, 0.1) is 6.92 Å². The molecule has 0 bridgehead atoms. The summed E-state index contributed by atoms with van der Waals surface area (Å²) in [6.45, 7) is 25.8. The van der Waals surface area contributed by atoms with Gasteiger partial charge < -0.3 is 53.6 Å². The fourth-order valence-electron chi connectivity index (χ4n) is 12.2. The lowest BCUT2D eigenvalue weighted by molar-refractivity contribution is 0.200. The van der Waals surface area contributed by atoms with E-state index < -0.39 is 40.6 Å². The van der Waals surface area contributed by atoms with Crippen molar-refractivity contribution in [1.82, 2.24) is 0 Å². The van der Waals surface area contributed by atoms with E-state index in [4.69, 9.17) is 33.2 Å². The van der Waals surface area contributed by atoms with Gasteiger partial charge in [-0.25, -0.2) is 0 Å². The van der Waals surface area contributed by atoms with Crippen molar-refractivity contribution < 1.29 is 53.6 Å². The number of ether oxygens (including phenoxy) is 7. The van der Waals surface area contributed by atoms with Crippen LogP contribution in [0.4, 0.5) is 0 Å². The van der Waals surface area contributed by atoms with E-state index in [1.54, 1.807) is 35.2 Å². The summed E-state index contributed by atoms with van der Waals surface area (Å²) in [4.78, 5) is 0. The second-order valence-corrected chi connectivity index (χ2v) is 44.5. The Labute approximate surface area is 667 Å². The van der Waals surface area contributed by atoms with E-state index in [9.17, 15) is 20.4 Å². The smallest absolute Gasteiger partial charge is 0.169 e. The first-order valence-electron chi connectivity index (χ1n) is 37.5. The van der Waals surface area contributed by atoms with Gasteiger partial charge in [-0.1, -0.05) is 333 Å². The minimum absolute atomic E-state index is 0.289. The summed E-state index contributed by atoms with van der Waals surface area (Å²) in [5, 5.41) is 52.5. The van der Waals surface area contributed by atoms with Crippen LogP contribution in [0.1, 0.15) is 102 Å². The van der Waals surface area contributed by atoms with Gasteiger partial charge in [-0.15, -0.1) is 0 Å². The van der Waals surface area contributed by atoms with Gasteiger partial charge in [0, 0.05) is 27.3 Å². The normalized spacial score (nSPS) is 12.6. The van der Waals surface area contributed by atoms with Gasteiger partial charge in [0.15, 0.2) is 23.0 Å². The molecule has 0 aromatic heterocycles. The van der Waals surface area contributed by atoms with E-state index in [2.05, 4.69) is 137 Å². The molecule has 111 heavy (non-hydrogen) atoms. The van der Waals surface area contributed by atoms with Gasteiger partial charge in [0.2, 0.25) is 0 Å². The highest BCUT2D eigenvalue weighted by Crippen LogP contribution is 2.37. The predicted molar refractivity (Wildman–Crippen MR) is 478 cm³/mol. The van der Waals surface area contributed by atoms with Crippen molar-refractivity contribution in [2.24, 2.45) is 0 Å². The minimum Gasteiger partial charge on any atom is -0.497 e. The third kappa shape index (κ3) is 25.9. The maximum absolute atomic E-state index is 10.4. The average molecular weight is 1590 g/mol. The monoisotopic (exact) mass is 1590 g/mol. The summed E-state index contributed by atoms with van der Waals surface area (Å²) in [7, 11) is 3.29. The molecule has 8 unspecified atom stereocenters. The highest BCUT2D eigenvalue weighted by atomic mass is 31.1. The Kier molecular flexibility index (Phi) is 33.2. The maximum Gasteiger partial charge on any atom is 0.169 e. The molecule has 4 N–H and O–H groups in total. The van der Waals surface area contributed by atoms with E-state index >= 15 is 0 Å². The molecule has 12 aromatic carbocycles. The fraction of sp³-hybridized carbons (Fsp3) is 0.234. The van der Waals surface area contributed by atoms with Crippen molar-refractivity contribution in [2.75, 3.05) is 21.3 Å². The van der Waals surface area contributed by atoms with Gasteiger partial charge in [-0.3, -0.25) is 0 Å². The SMILES string of the molecule is CC(O)c1ccccc1Pc1cc([Si](C)(C)C)cc([Si](C)(C)C)c1OCc1ccccc1.COc1cc(OC)c(OCc2ccccc2)c(Pc2ccccc2C(C)O)c1.COc1cccc(Pc2ccccc2C(C)O)c1OCc1ccccc1.Cc1ccc(OCc2ccccc2)c(Pc2ccccc2C(C)O)c1. The van der Waals surface area contributed by atoms with Crippen molar-refractivity contribution in [2.45, 2.75) is 125 Å². The fourth-order valence-corrected chi connectivity index (χ4v) is 21.0. The molecule has 12 rings (SSSR count). The Morgan fingerprint density at radius 3 is 1.01 bits per heavy atom. The minimum atomic E-state index is -1.66. The number of benzene rings is 12. The third-order valence-corrected chi connectivity index (χ3v) is 27.7. The number of hydrogen-bond donors (Lipinski definition) is 4. The summed E-state index contributed by atoms with van der Waals surface area (Å²) in [6.07, 6.45) is -1.99. The Morgan fingerprint density at radius 1 is 0.288 bits per heavy atom. The molecule has 8 atom stereocenters. The van der Waals surface area contributed by atoms with Crippen LogP contribution >= 0.6 is 34.3 Å². The largest absolute Gasteiger partial charge is 0.497 e. The zero-order valence-corrected chi connectivity index (χ0v) is 72.3. The van der Waals surface area contributed by atoms with Crippen molar-refractivity contribution in [3.05, 3.63) is 329 Å². The molecule has 0 aliphatic rings. The molecule has 11 nitrogen and oxygen atoms in total. The van der Waals surface area contributed by atoms with Crippen LogP contribution in [0.25, 0.3) is 0 Å². The van der Waals surface area contributed by atoms with Crippen molar-refractivity contribution in [3.8, 4) is 40.2 Å². The first kappa shape index (κ1) is 86.2. The van der Waals surface area contributed by atoms with Crippen molar-refractivity contribution in [1.29, 1.82) is 0 Å². The third-order valence-electron chi connectivity index (χ3n) is 18.2. The first-order valence-corrected chi connectivity index (χ1v) is 48.5. The predicted octanol–water partition coefficient (Wildman–Crippen LogP) is 17.2. The Bertz CT molecular complexity index is 4860. The lowest BCUT2D eigenvalue weighted by Crippen LogP contribution is -2.48. The average Bonchev–Trinajstić information content (AvgIpc) is 0.774. The van der Waals surface area contributed by atoms with Crippen molar-refractivity contribution >= 4 is 103 Å². The number of aliphatic hydroxyl groups excluding tert-OH is 4. The summed E-state index contributed by atoms with van der Waals surface area (Å²) >= 11 is 0. The van der Waals surface area contributed by atoms with Crippen LogP contribution in [0.15, 0.2) is 279 Å². The molecule has 12 aromatic rings. The molecular formula is C94H108O11P4Si2. The summed E-state index contributed by atoms with van der Waals surface area (Å²) in [5.41, 5.74) is 9.59. The Balaban J connectivity index is 0.000000171. The number of aliphatic hydroxyl groups is 4. The summed E-state index contributed by atoms with van der Waals surface area (Å²) in [5.74, 6) is 5.50. The molecule has 0 aliphatic heterocycles. The second-order valence-electron chi connectivity index (χ2n) is 29.1. The van der Waals surface area contributed by atoms with Gasteiger partial charge >= 0.3 is 0 Å². The highest BCUT2D eigenvalue weighted by molar-refractivity contribution is 7.57. The van der Waals surface area contributed by atoms with Gasteiger partial charge in [-0.05, 0) is 130 Å². The quantitative estimate of drug-likeness (QED) is 0.0263. The van der Waals surface area contributed by atoms with Crippen LogP contribution < -0.4 is 86.0 Å². The molecule has 0 saturated carbocycles. The zero-order valence-electron chi connectivity index (χ0n) is 66.3. The number of hydrogen-bond acceptors (Lipinski definition) is 11. The highest BCUT2D eigenvalue weighted by Gasteiger charge is 2.29. The van der Waals surface area contributed by atoms with Gasteiger partial charge in [0.25, 0.3) is 0 Å². The molecule has 17 heteroatoms. The molecule has 0 fully saturated rings. The van der Waals surface area contributed by atoms with Gasteiger partial charge in [0.1, 0.15) is 43.7 Å². The molecule has 0 heterocycles. The molecule has 578 valence electrons. The van der Waals surface area contributed by atoms with Crippen LogP contribution in [-0.4, -0.2) is 57.9 Å². The second kappa shape index (κ2) is 42.8. The Hall–Kier alpha value is -8.77. The topological polar surface area (TPSA) is 146 Å². The maximum atomic E-state index is 10.4. The molecule has 0 radical (unpaired) electrons. The van der Waals surface area contributed by atoms with Crippen LogP contribution in [0.5, 0.6) is 40.2 Å². The lowest BCUT2D eigenvalue weighted by atomic mass is 10.1. The van der Waals surface area contributed by atoms with E-state index in [1.807, 2.05) is 202 Å². The number of para-hydroxylation sites is 1. The first-order chi connectivity index (χ1) is 53.4. The molecule has 0 aliphatic carbocycles. The lowest BCUT2D eigenvalue weighted by Gasteiger charge is -2.28.